The van der Waals surface area contributed by atoms with Crippen LogP contribution in [-0.2, 0) is 4.79 Å². The van der Waals surface area contributed by atoms with Gasteiger partial charge in [0.15, 0.2) is 0 Å². The lowest BCUT2D eigenvalue weighted by molar-refractivity contribution is -0.122. The van der Waals surface area contributed by atoms with Crippen molar-refractivity contribution in [1.29, 1.82) is 0 Å². The smallest absolute Gasteiger partial charge is 0.220 e. The van der Waals surface area contributed by atoms with Gasteiger partial charge in [0, 0.05) is 18.5 Å². The second kappa shape index (κ2) is 12.0. The van der Waals surface area contributed by atoms with Gasteiger partial charge < -0.3 is 10.6 Å². The molecule has 3 heteroatoms. The summed E-state index contributed by atoms with van der Waals surface area (Å²) in [7, 11) is 0. The fourth-order valence-corrected chi connectivity index (χ4v) is 3.27. The third kappa shape index (κ3) is 9.13. The average Bonchev–Trinajstić information content (AvgIpc) is 2.49. The summed E-state index contributed by atoms with van der Waals surface area (Å²) in [6.45, 7) is 5.46. The van der Waals surface area contributed by atoms with Crippen molar-refractivity contribution in [3.8, 4) is 0 Å². The average molecular weight is 296 g/mol. The van der Waals surface area contributed by atoms with Gasteiger partial charge in [-0.05, 0) is 38.6 Å². The number of carbonyl (C=O) groups is 1. The zero-order valence-corrected chi connectivity index (χ0v) is 14.3. The molecule has 21 heavy (non-hydrogen) atoms. The molecule has 0 saturated heterocycles. The van der Waals surface area contributed by atoms with Crippen LogP contribution in [0.15, 0.2) is 0 Å². The molecule has 3 nitrogen and oxygen atoms in total. The summed E-state index contributed by atoms with van der Waals surface area (Å²) >= 11 is 0. The Hall–Kier alpha value is -0.570. The second-order valence-electron chi connectivity index (χ2n) is 6.55. The van der Waals surface area contributed by atoms with Crippen molar-refractivity contribution in [1.82, 2.24) is 10.6 Å². The SMILES string of the molecule is CCCCCCCCCC(=O)NC1CCC(NCC)CC1. The van der Waals surface area contributed by atoms with E-state index in [0.717, 1.165) is 32.2 Å². The fraction of sp³-hybridized carbons (Fsp3) is 0.944. The minimum atomic E-state index is 0.274. The van der Waals surface area contributed by atoms with Gasteiger partial charge in [0.05, 0.1) is 0 Å². The predicted octanol–water partition coefficient (Wildman–Crippen LogP) is 4.16. The molecule has 0 aromatic heterocycles. The van der Waals surface area contributed by atoms with E-state index in [1.807, 2.05) is 0 Å². The first-order valence-electron chi connectivity index (χ1n) is 9.29. The summed E-state index contributed by atoms with van der Waals surface area (Å²) in [5.74, 6) is 0.274. The Morgan fingerprint density at radius 3 is 2.05 bits per heavy atom. The summed E-state index contributed by atoms with van der Waals surface area (Å²) in [6, 6.07) is 1.10. The Labute approximate surface area is 131 Å². The van der Waals surface area contributed by atoms with Gasteiger partial charge in [0.2, 0.25) is 5.91 Å². The van der Waals surface area contributed by atoms with Crippen molar-refractivity contribution in [3.63, 3.8) is 0 Å². The maximum atomic E-state index is 11.9. The van der Waals surface area contributed by atoms with Gasteiger partial charge in [-0.25, -0.2) is 0 Å². The van der Waals surface area contributed by atoms with Crippen LogP contribution in [0.3, 0.4) is 0 Å². The van der Waals surface area contributed by atoms with Crippen molar-refractivity contribution in [3.05, 3.63) is 0 Å². The minimum Gasteiger partial charge on any atom is -0.353 e. The predicted molar refractivity (Wildman–Crippen MR) is 90.5 cm³/mol. The Morgan fingerprint density at radius 2 is 1.43 bits per heavy atom. The third-order valence-corrected chi connectivity index (χ3v) is 4.59. The summed E-state index contributed by atoms with van der Waals surface area (Å²) in [5, 5.41) is 6.73. The monoisotopic (exact) mass is 296 g/mol. The summed E-state index contributed by atoms with van der Waals surface area (Å²) in [4.78, 5) is 11.9. The zero-order valence-electron chi connectivity index (χ0n) is 14.3. The van der Waals surface area contributed by atoms with E-state index in [4.69, 9.17) is 0 Å². The quantitative estimate of drug-likeness (QED) is 0.562. The summed E-state index contributed by atoms with van der Waals surface area (Å²) < 4.78 is 0. The molecule has 124 valence electrons. The highest BCUT2D eigenvalue weighted by atomic mass is 16.1. The molecular formula is C18H36N2O. The topological polar surface area (TPSA) is 41.1 Å². The summed E-state index contributed by atoms with van der Waals surface area (Å²) in [5.41, 5.74) is 0. The van der Waals surface area contributed by atoms with E-state index in [-0.39, 0.29) is 5.91 Å². The molecule has 0 spiro atoms. The highest BCUT2D eigenvalue weighted by Crippen LogP contribution is 2.18. The van der Waals surface area contributed by atoms with Gasteiger partial charge >= 0.3 is 0 Å². The normalized spacial score (nSPS) is 22.2. The zero-order chi connectivity index (χ0) is 15.3. The molecule has 2 N–H and O–H groups in total. The number of hydrogen-bond donors (Lipinski definition) is 2. The molecule has 1 fully saturated rings. The van der Waals surface area contributed by atoms with Gasteiger partial charge in [-0.1, -0.05) is 52.4 Å². The van der Waals surface area contributed by atoms with Gasteiger partial charge in [-0.15, -0.1) is 0 Å². The summed E-state index contributed by atoms with van der Waals surface area (Å²) in [6.07, 6.45) is 14.3. The van der Waals surface area contributed by atoms with Crippen LogP contribution in [0.2, 0.25) is 0 Å². The molecule has 1 rings (SSSR count). The molecule has 0 aromatic rings. The molecule has 1 aliphatic carbocycles. The van der Waals surface area contributed by atoms with Gasteiger partial charge in [0.25, 0.3) is 0 Å². The Kier molecular flexibility index (Phi) is 10.6. The molecule has 0 unspecified atom stereocenters. The largest absolute Gasteiger partial charge is 0.353 e. The maximum Gasteiger partial charge on any atom is 0.220 e. The molecule has 1 aliphatic rings. The first-order chi connectivity index (χ1) is 10.3. The number of rotatable bonds is 11. The highest BCUT2D eigenvalue weighted by Gasteiger charge is 2.21. The number of hydrogen-bond acceptors (Lipinski definition) is 2. The standard InChI is InChI=1S/C18H36N2O/c1-3-5-6-7-8-9-10-11-18(21)20-17-14-12-16(13-15-17)19-4-2/h16-17,19H,3-15H2,1-2H3,(H,20,21). The second-order valence-corrected chi connectivity index (χ2v) is 6.55. The lowest BCUT2D eigenvalue weighted by Gasteiger charge is -2.29. The number of carbonyl (C=O) groups excluding carboxylic acids is 1. The lowest BCUT2D eigenvalue weighted by atomic mass is 9.91. The van der Waals surface area contributed by atoms with Crippen LogP contribution in [0, 0.1) is 0 Å². The fourth-order valence-electron chi connectivity index (χ4n) is 3.27. The number of unbranched alkanes of at least 4 members (excludes halogenated alkanes) is 6. The van der Waals surface area contributed by atoms with Crippen LogP contribution in [0.5, 0.6) is 0 Å². The van der Waals surface area contributed by atoms with Crippen LogP contribution < -0.4 is 10.6 Å². The minimum absolute atomic E-state index is 0.274. The van der Waals surface area contributed by atoms with Gasteiger partial charge in [-0.3, -0.25) is 4.79 Å². The van der Waals surface area contributed by atoms with E-state index in [2.05, 4.69) is 24.5 Å². The third-order valence-electron chi connectivity index (χ3n) is 4.59. The van der Waals surface area contributed by atoms with Crippen molar-refractivity contribution < 1.29 is 4.79 Å². The van der Waals surface area contributed by atoms with Crippen molar-refractivity contribution in [2.75, 3.05) is 6.54 Å². The lowest BCUT2D eigenvalue weighted by Crippen LogP contribution is -2.42. The molecule has 0 heterocycles. The first-order valence-corrected chi connectivity index (χ1v) is 9.29. The van der Waals surface area contributed by atoms with Crippen LogP contribution in [0.25, 0.3) is 0 Å². The Balaban J connectivity index is 1.96. The molecule has 0 bridgehead atoms. The molecule has 1 amide bonds. The van der Waals surface area contributed by atoms with E-state index in [0.29, 0.717) is 12.1 Å². The first kappa shape index (κ1) is 18.5. The van der Waals surface area contributed by atoms with Crippen LogP contribution >= 0.6 is 0 Å². The van der Waals surface area contributed by atoms with Crippen molar-refractivity contribution in [2.24, 2.45) is 0 Å². The van der Waals surface area contributed by atoms with Gasteiger partial charge in [-0.2, -0.15) is 0 Å². The van der Waals surface area contributed by atoms with Crippen LogP contribution in [-0.4, -0.2) is 24.5 Å². The van der Waals surface area contributed by atoms with E-state index in [9.17, 15) is 4.79 Å². The van der Waals surface area contributed by atoms with E-state index >= 15 is 0 Å². The van der Waals surface area contributed by atoms with Crippen molar-refractivity contribution in [2.45, 2.75) is 103 Å². The highest BCUT2D eigenvalue weighted by molar-refractivity contribution is 5.76. The Morgan fingerprint density at radius 1 is 0.857 bits per heavy atom. The van der Waals surface area contributed by atoms with E-state index < -0.39 is 0 Å². The Bertz CT molecular complexity index is 260. The van der Waals surface area contributed by atoms with E-state index in [1.165, 1.54) is 51.4 Å². The molecule has 1 saturated carbocycles. The molecule has 0 aliphatic heterocycles. The molecule has 0 aromatic carbocycles. The molecule has 0 radical (unpaired) electrons. The maximum absolute atomic E-state index is 11.9. The van der Waals surface area contributed by atoms with Crippen LogP contribution in [0.4, 0.5) is 0 Å². The molecule has 0 atom stereocenters. The number of nitrogens with one attached hydrogen (secondary N) is 2. The number of amides is 1. The van der Waals surface area contributed by atoms with Gasteiger partial charge in [0.1, 0.15) is 0 Å². The van der Waals surface area contributed by atoms with Crippen LogP contribution in [0.1, 0.15) is 90.9 Å². The molecular weight excluding hydrogens is 260 g/mol. The van der Waals surface area contributed by atoms with E-state index in [1.54, 1.807) is 0 Å². The van der Waals surface area contributed by atoms with Crippen molar-refractivity contribution >= 4 is 5.91 Å².